The van der Waals surface area contributed by atoms with Gasteiger partial charge in [-0.25, -0.2) is 0 Å². The standard InChI is InChI=1S/C19H30N2O4.ClH/c1-3-23-10-11-25-17-12-15(2)4-5-16(17)13-21-18(22)19(14-20)6-8-24-9-7-19;/h4-5,12H,3,6-11,13-14,20H2,1-2H3,(H,21,22);1H. The lowest BCUT2D eigenvalue weighted by atomic mass is 9.79. The highest BCUT2D eigenvalue weighted by Crippen LogP contribution is 2.30. The van der Waals surface area contributed by atoms with Gasteiger partial charge in [0.1, 0.15) is 12.4 Å². The van der Waals surface area contributed by atoms with Crippen molar-refractivity contribution < 1.29 is 19.0 Å². The van der Waals surface area contributed by atoms with E-state index >= 15 is 0 Å². The molecule has 0 atom stereocenters. The van der Waals surface area contributed by atoms with Crippen LogP contribution in [0.25, 0.3) is 0 Å². The number of rotatable bonds is 9. The molecule has 0 bridgehead atoms. The zero-order chi connectivity index (χ0) is 18.1. The molecule has 1 aromatic rings. The summed E-state index contributed by atoms with van der Waals surface area (Å²) in [4.78, 5) is 12.7. The SMILES string of the molecule is CCOCCOc1cc(C)ccc1CNC(=O)C1(CN)CCOCC1.Cl. The summed E-state index contributed by atoms with van der Waals surface area (Å²) in [5.74, 6) is 0.785. The van der Waals surface area contributed by atoms with Crippen LogP contribution in [0.15, 0.2) is 18.2 Å². The Morgan fingerprint density at radius 1 is 1.31 bits per heavy atom. The van der Waals surface area contributed by atoms with E-state index in [1.165, 1.54) is 0 Å². The number of carbonyl (C=O) groups is 1. The van der Waals surface area contributed by atoms with E-state index in [1.807, 2.05) is 32.0 Å². The number of hydrogen-bond donors (Lipinski definition) is 2. The third-order valence-corrected chi connectivity index (χ3v) is 4.67. The minimum Gasteiger partial charge on any atom is -0.491 e. The predicted octanol–water partition coefficient (Wildman–Crippen LogP) is 2.20. The topological polar surface area (TPSA) is 82.8 Å². The Kier molecular flexibility index (Phi) is 9.94. The molecule has 0 saturated carbocycles. The van der Waals surface area contributed by atoms with Crippen LogP contribution in [0.4, 0.5) is 0 Å². The molecule has 6 nitrogen and oxygen atoms in total. The van der Waals surface area contributed by atoms with Crippen LogP contribution in [-0.2, 0) is 20.8 Å². The molecule has 1 fully saturated rings. The molecule has 2 rings (SSSR count). The number of amides is 1. The van der Waals surface area contributed by atoms with Gasteiger partial charge in [0.2, 0.25) is 5.91 Å². The Balaban J connectivity index is 0.00000338. The van der Waals surface area contributed by atoms with Crippen LogP contribution in [-0.4, -0.2) is 45.5 Å². The van der Waals surface area contributed by atoms with Gasteiger partial charge in [0.15, 0.2) is 0 Å². The Bertz CT molecular complexity index is 562. The monoisotopic (exact) mass is 386 g/mol. The summed E-state index contributed by atoms with van der Waals surface area (Å²) >= 11 is 0. The molecule has 0 unspecified atom stereocenters. The lowest BCUT2D eigenvalue weighted by Gasteiger charge is -2.34. The molecule has 0 spiro atoms. The number of hydrogen-bond acceptors (Lipinski definition) is 5. The van der Waals surface area contributed by atoms with Crippen LogP contribution in [0.1, 0.15) is 30.9 Å². The molecule has 1 heterocycles. The molecule has 1 aromatic carbocycles. The highest BCUT2D eigenvalue weighted by atomic mass is 35.5. The molecule has 148 valence electrons. The number of aryl methyl sites for hydroxylation is 1. The van der Waals surface area contributed by atoms with Crippen LogP contribution in [0.2, 0.25) is 0 Å². The number of carbonyl (C=O) groups excluding carboxylic acids is 1. The van der Waals surface area contributed by atoms with Crippen molar-refractivity contribution in [2.45, 2.75) is 33.2 Å². The molecule has 7 heteroatoms. The molecule has 26 heavy (non-hydrogen) atoms. The summed E-state index contributed by atoms with van der Waals surface area (Å²) in [5, 5.41) is 3.04. The first-order chi connectivity index (χ1) is 12.1. The van der Waals surface area contributed by atoms with E-state index in [0.717, 1.165) is 16.9 Å². The summed E-state index contributed by atoms with van der Waals surface area (Å²) in [5.41, 5.74) is 7.45. The van der Waals surface area contributed by atoms with E-state index in [4.69, 9.17) is 19.9 Å². The Hall–Kier alpha value is -1.34. The fourth-order valence-corrected chi connectivity index (χ4v) is 2.95. The Morgan fingerprint density at radius 3 is 2.69 bits per heavy atom. The lowest BCUT2D eigenvalue weighted by Crippen LogP contribution is -2.49. The first kappa shape index (κ1) is 22.7. The Morgan fingerprint density at radius 2 is 2.04 bits per heavy atom. The third-order valence-electron chi connectivity index (χ3n) is 4.67. The van der Waals surface area contributed by atoms with E-state index in [-0.39, 0.29) is 18.3 Å². The molecule has 0 radical (unpaired) electrons. The zero-order valence-corrected chi connectivity index (χ0v) is 16.5. The summed E-state index contributed by atoms with van der Waals surface area (Å²) in [6.07, 6.45) is 1.34. The molecule has 0 aliphatic carbocycles. The molecule has 3 N–H and O–H groups in total. The average molecular weight is 387 g/mol. The van der Waals surface area contributed by atoms with Crippen molar-refractivity contribution in [2.24, 2.45) is 11.1 Å². The van der Waals surface area contributed by atoms with Gasteiger partial charge in [-0.15, -0.1) is 12.4 Å². The maximum atomic E-state index is 12.7. The second-order valence-corrected chi connectivity index (χ2v) is 6.44. The summed E-state index contributed by atoms with van der Waals surface area (Å²) < 4.78 is 16.5. The predicted molar refractivity (Wildman–Crippen MR) is 104 cm³/mol. The second-order valence-electron chi connectivity index (χ2n) is 6.44. The highest BCUT2D eigenvalue weighted by Gasteiger charge is 2.38. The van der Waals surface area contributed by atoms with Gasteiger partial charge in [-0.2, -0.15) is 0 Å². The summed E-state index contributed by atoms with van der Waals surface area (Å²) in [6, 6.07) is 6.00. The van der Waals surface area contributed by atoms with Crippen LogP contribution in [0.3, 0.4) is 0 Å². The summed E-state index contributed by atoms with van der Waals surface area (Å²) in [7, 11) is 0. The molecule has 1 aliphatic heterocycles. The summed E-state index contributed by atoms with van der Waals surface area (Å²) in [6.45, 7) is 7.61. The largest absolute Gasteiger partial charge is 0.491 e. The molecule has 1 amide bonds. The van der Waals surface area contributed by atoms with Gasteiger partial charge < -0.3 is 25.3 Å². The smallest absolute Gasteiger partial charge is 0.227 e. The van der Waals surface area contributed by atoms with Crippen molar-refractivity contribution in [2.75, 3.05) is 39.6 Å². The first-order valence-corrected chi connectivity index (χ1v) is 8.97. The fraction of sp³-hybridized carbons (Fsp3) is 0.632. The highest BCUT2D eigenvalue weighted by molar-refractivity contribution is 5.85. The molecular weight excluding hydrogens is 356 g/mol. The Labute approximate surface area is 162 Å². The van der Waals surface area contributed by atoms with Crippen molar-refractivity contribution in [3.05, 3.63) is 29.3 Å². The normalized spacial score (nSPS) is 15.8. The second kappa shape index (κ2) is 11.4. The van der Waals surface area contributed by atoms with E-state index in [0.29, 0.717) is 59.0 Å². The van der Waals surface area contributed by atoms with Crippen molar-refractivity contribution >= 4 is 18.3 Å². The fourth-order valence-electron chi connectivity index (χ4n) is 2.95. The van der Waals surface area contributed by atoms with Crippen LogP contribution in [0.5, 0.6) is 5.75 Å². The van der Waals surface area contributed by atoms with E-state index < -0.39 is 5.41 Å². The van der Waals surface area contributed by atoms with Crippen molar-refractivity contribution in [1.29, 1.82) is 0 Å². The minimum absolute atomic E-state index is 0. The first-order valence-electron chi connectivity index (χ1n) is 8.97. The molecular formula is C19H31ClN2O4. The van der Waals surface area contributed by atoms with Gasteiger partial charge in [0.05, 0.1) is 12.0 Å². The number of nitrogens with one attached hydrogen (secondary N) is 1. The van der Waals surface area contributed by atoms with Gasteiger partial charge in [0, 0.05) is 38.5 Å². The zero-order valence-electron chi connectivity index (χ0n) is 15.7. The van der Waals surface area contributed by atoms with Crippen molar-refractivity contribution in [3.8, 4) is 5.75 Å². The van der Waals surface area contributed by atoms with E-state index in [1.54, 1.807) is 0 Å². The van der Waals surface area contributed by atoms with Gasteiger partial charge in [-0.3, -0.25) is 4.79 Å². The van der Waals surface area contributed by atoms with Crippen molar-refractivity contribution in [3.63, 3.8) is 0 Å². The van der Waals surface area contributed by atoms with Crippen LogP contribution in [0, 0.1) is 12.3 Å². The number of ether oxygens (including phenoxy) is 3. The van der Waals surface area contributed by atoms with Crippen LogP contribution >= 0.6 is 12.4 Å². The van der Waals surface area contributed by atoms with E-state index in [2.05, 4.69) is 5.32 Å². The van der Waals surface area contributed by atoms with Gasteiger partial charge in [0.25, 0.3) is 0 Å². The van der Waals surface area contributed by atoms with Gasteiger partial charge in [-0.1, -0.05) is 12.1 Å². The third kappa shape index (κ3) is 6.13. The minimum atomic E-state index is -0.515. The molecule has 0 aromatic heterocycles. The molecule has 1 aliphatic rings. The van der Waals surface area contributed by atoms with Crippen LogP contribution < -0.4 is 15.8 Å². The van der Waals surface area contributed by atoms with E-state index in [9.17, 15) is 4.79 Å². The molecule has 1 saturated heterocycles. The average Bonchev–Trinajstić information content (AvgIpc) is 2.64. The number of nitrogens with two attached hydrogens (primary N) is 1. The quantitative estimate of drug-likeness (QED) is 0.636. The number of halogens is 1. The van der Waals surface area contributed by atoms with Crippen molar-refractivity contribution in [1.82, 2.24) is 5.32 Å². The maximum absolute atomic E-state index is 12.7. The van der Waals surface area contributed by atoms with Gasteiger partial charge in [-0.05, 0) is 38.3 Å². The maximum Gasteiger partial charge on any atom is 0.227 e. The van der Waals surface area contributed by atoms with Gasteiger partial charge >= 0.3 is 0 Å². The lowest BCUT2D eigenvalue weighted by molar-refractivity contribution is -0.136. The number of benzene rings is 1.